The number of nitrogens with zero attached hydrogens (tertiary/aromatic N) is 1. The van der Waals surface area contributed by atoms with Gasteiger partial charge in [-0.1, -0.05) is 70.0 Å². The lowest BCUT2D eigenvalue weighted by Gasteiger charge is -2.36. The summed E-state index contributed by atoms with van der Waals surface area (Å²) in [6.07, 6.45) is 11.6. The standard InChI is InChI=1S/C24H40ClNO2/c1-3-5-6-7-8-9-10-16-28-22-12-11-20(23(25)18-22)17-21-19-26(14-4-2)15-13-24(21)27/h11-12,18,21,24,27H,3-10,13-17,19H2,1-2H3. The second kappa shape index (κ2) is 13.5. The first-order valence-electron chi connectivity index (χ1n) is 11.5. The summed E-state index contributed by atoms with van der Waals surface area (Å²) < 4.78 is 5.89. The van der Waals surface area contributed by atoms with Gasteiger partial charge in [0.05, 0.1) is 12.7 Å². The minimum Gasteiger partial charge on any atom is -0.494 e. The van der Waals surface area contributed by atoms with Crippen LogP contribution in [0.1, 0.15) is 77.2 Å². The summed E-state index contributed by atoms with van der Waals surface area (Å²) in [6, 6.07) is 6.05. The van der Waals surface area contributed by atoms with Gasteiger partial charge in [0.2, 0.25) is 0 Å². The number of benzene rings is 1. The fraction of sp³-hybridized carbons (Fsp3) is 0.750. The van der Waals surface area contributed by atoms with Crippen molar-refractivity contribution in [3.63, 3.8) is 0 Å². The van der Waals surface area contributed by atoms with Gasteiger partial charge in [0.15, 0.2) is 0 Å². The number of ether oxygens (including phenoxy) is 1. The molecule has 0 radical (unpaired) electrons. The molecule has 1 N–H and O–H groups in total. The van der Waals surface area contributed by atoms with Crippen molar-refractivity contribution in [3.05, 3.63) is 28.8 Å². The summed E-state index contributed by atoms with van der Waals surface area (Å²) in [5.41, 5.74) is 1.12. The van der Waals surface area contributed by atoms with Gasteiger partial charge in [-0.3, -0.25) is 0 Å². The highest BCUT2D eigenvalue weighted by molar-refractivity contribution is 6.31. The highest BCUT2D eigenvalue weighted by Crippen LogP contribution is 2.28. The third-order valence-corrected chi connectivity index (χ3v) is 6.19. The van der Waals surface area contributed by atoms with Gasteiger partial charge in [0.25, 0.3) is 0 Å². The molecule has 1 aliphatic rings. The Labute approximate surface area is 177 Å². The molecule has 0 aromatic heterocycles. The van der Waals surface area contributed by atoms with E-state index in [1.54, 1.807) is 0 Å². The first kappa shape index (κ1) is 23.5. The zero-order chi connectivity index (χ0) is 20.2. The molecular formula is C24H40ClNO2. The van der Waals surface area contributed by atoms with E-state index in [-0.39, 0.29) is 12.0 Å². The molecule has 0 amide bonds. The molecule has 2 rings (SSSR count). The van der Waals surface area contributed by atoms with Gasteiger partial charge in [-0.15, -0.1) is 0 Å². The number of halogens is 1. The average molecular weight is 410 g/mol. The molecule has 0 bridgehead atoms. The van der Waals surface area contributed by atoms with Gasteiger partial charge < -0.3 is 14.7 Å². The molecule has 28 heavy (non-hydrogen) atoms. The minimum absolute atomic E-state index is 0.225. The maximum Gasteiger partial charge on any atom is 0.120 e. The van der Waals surface area contributed by atoms with E-state index in [1.165, 1.54) is 38.5 Å². The van der Waals surface area contributed by atoms with E-state index in [1.807, 2.05) is 12.1 Å². The minimum atomic E-state index is -0.225. The van der Waals surface area contributed by atoms with Crippen LogP contribution in [0.5, 0.6) is 5.75 Å². The Morgan fingerprint density at radius 3 is 2.54 bits per heavy atom. The Morgan fingerprint density at radius 1 is 1.07 bits per heavy atom. The van der Waals surface area contributed by atoms with Crippen molar-refractivity contribution in [1.82, 2.24) is 4.90 Å². The Bertz CT molecular complexity index is 551. The molecular weight excluding hydrogens is 370 g/mol. The molecule has 1 aromatic carbocycles. The van der Waals surface area contributed by atoms with Crippen LogP contribution in [0.3, 0.4) is 0 Å². The van der Waals surface area contributed by atoms with E-state index in [9.17, 15) is 5.11 Å². The number of hydrogen-bond donors (Lipinski definition) is 1. The third-order valence-electron chi connectivity index (χ3n) is 5.84. The van der Waals surface area contributed by atoms with E-state index in [2.05, 4.69) is 24.8 Å². The normalized spacial score (nSPS) is 20.4. The van der Waals surface area contributed by atoms with Crippen molar-refractivity contribution in [2.24, 2.45) is 5.92 Å². The van der Waals surface area contributed by atoms with Gasteiger partial charge in [0.1, 0.15) is 5.75 Å². The maximum absolute atomic E-state index is 10.4. The van der Waals surface area contributed by atoms with Crippen molar-refractivity contribution >= 4 is 11.6 Å². The number of hydrogen-bond acceptors (Lipinski definition) is 3. The van der Waals surface area contributed by atoms with Gasteiger partial charge >= 0.3 is 0 Å². The lowest BCUT2D eigenvalue weighted by molar-refractivity contribution is 0.0270. The summed E-state index contributed by atoms with van der Waals surface area (Å²) in [4.78, 5) is 2.46. The van der Waals surface area contributed by atoms with Gasteiger partial charge in [-0.25, -0.2) is 0 Å². The molecule has 1 fully saturated rings. The Hall–Kier alpha value is -0.770. The van der Waals surface area contributed by atoms with Crippen LogP contribution in [0.15, 0.2) is 18.2 Å². The quantitative estimate of drug-likeness (QED) is 0.399. The second-order valence-corrected chi connectivity index (χ2v) is 8.75. The molecule has 4 heteroatoms. The zero-order valence-corrected chi connectivity index (χ0v) is 18.7. The van der Waals surface area contributed by atoms with E-state index >= 15 is 0 Å². The molecule has 1 saturated heterocycles. The van der Waals surface area contributed by atoms with Crippen molar-refractivity contribution in [2.75, 3.05) is 26.2 Å². The largest absolute Gasteiger partial charge is 0.494 e. The Morgan fingerprint density at radius 2 is 1.82 bits per heavy atom. The van der Waals surface area contributed by atoms with E-state index in [0.29, 0.717) is 0 Å². The molecule has 3 nitrogen and oxygen atoms in total. The van der Waals surface area contributed by atoms with Gasteiger partial charge in [-0.2, -0.15) is 0 Å². The molecule has 1 aliphatic heterocycles. The molecule has 1 heterocycles. The molecule has 1 aromatic rings. The number of unbranched alkanes of at least 4 members (excludes halogenated alkanes) is 6. The summed E-state index contributed by atoms with van der Waals surface area (Å²) in [7, 11) is 0. The third kappa shape index (κ3) is 8.31. The fourth-order valence-corrected chi connectivity index (χ4v) is 4.38. The molecule has 0 spiro atoms. The zero-order valence-electron chi connectivity index (χ0n) is 18.0. The van der Waals surface area contributed by atoms with E-state index in [4.69, 9.17) is 16.3 Å². The molecule has 0 aliphatic carbocycles. The van der Waals surface area contributed by atoms with E-state index in [0.717, 1.165) is 68.3 Å². The highest BCUT2D eigenvalue weighted by Gasteiger charge is 2.27. The average Bonchev–Trinajstić information content (AvgIpc) is 2.68. The fourth-order valence-electron chi connectivity index (χ4n) is 4.13. The van der Waals surface area contributed by atoms with Gasteiger partial charge in [-0.05, 0) is 49.9 Å². The van der Waals surface area contributed by atoms with Crippen LogP contribution in [0.25, 0.3) is 0 Å². The predicted octanol–water partition coefficient (Wildman–Crippen LogP) is 6.10. The van der Waals surface area contributed by atoms with Crippen molar-refractivity contribution in [2.45, 2.75) is 84.2 Å². The van der Waals surface area contributed by atoms with Gasteiger partial charge in [0, 0.05) is 24.0 Å². The van der Waals surface area contributed by atoms with Crippen LogP contribution in [0.2, 0.25) is 5.02 Å². The van der Waals surface area contributed by atoms with Crippen molar-refractivity contribution < 1.29 is 9.84 Å². The number of aliphatic hydroxyl groups excluding tert-OH is 1. The SMILES string of the molecule is CCCCCCCCCOc1ccc(CC2CN(CCC)CCC2O)c(Cl)c1. The number of aliphatic hydroxyl groups is 1. The van der Waals surface area contributed by atoms with Crippen LogP contribution in [-0.2, 0) is 6.42 Å². The lowest BCUT2D eigenvalue weighted by Crippen LogP contribution is -2.44. The highest BCUT2D eigenvalue weighted by atomic mass is 35.5. The van der Waals surface area contributed by atoms with E-state index < -0.39 is 0 Å². The summed E-state index contributed by atoms with van der Waals surface area (Å²) >= 11 is 6.53. The molecule has 160 valence electrons. The van der Waals surface area contributed by atoms with Crippen molar-refractivity contribution in [3.8, 4) is 5.75 Å². The molecule has 0 saturated carbocycles. The van der Waals surface area contributed by atoms with Crippen LogP contribution >= 0.6 is 11.6 Å². The van der Waals surface area contributed by atoms with Crippen LogP contribution in [0, 0.1) is 5.92 Å². The summed E-state index contributed by atoms with van der Waals surface area (Å²) in [6.45, 7) is 8.30. The lowest BCUT2D eigenvalue weighted by atomic mass is 9.88. The summed E-state index contributed by atoms with van der Waals surface area (Å²) in [5, 5.41) is 11.2. The number of piperidine rings is 1. The monoisotopic (exact) mass is 409 g/mol. The van der Waals surface area contributed by atoms with Crippen molar-refractivity contribution in [1.29, 1.82) is 0 Å². The number of rotatable bonds is 13. The van der Waals surface area contributed by atoms with Crippen LogP contribution in [0.4, 0.5) is 0 Å². The van der Waals surface area contributed by atoms with Crippen LogP contribution in [-0.4, -0.2) is 42.4 Å². The Kier molecular flexibility index (Phi) is 11.3. The topological polar surface area (TPSA) is 32.7 Å². The van der Waals surface area contributed by atoms with Crippen LogP contribution < -0.4 is 4.74 Å². The first-order valence-corrected chi connectivity index (χ1v) is 11.8. The predicted molar refractivity (Wildman–Crippen MR) is 119 cm³/mol. The molecule has 2 unspecified atom stereocenters. The Balaban J connectivity index is 1.74. The second-order valence-electron chi connectivity index (χ2n) is 8.34. The molecule has 2 atom stereocenters. The number of likely N-dealkylation sites (tertiary alicyclic amines) is 1. The maximum atomic E-state index is 10.4. The summed E-state index contributed by atoms with van der Waals surface area (Å²) in [5.74, 6) is 1.12. The first-order chi connectivity index (χ1) is 13.6. The smallest absolute Gasteiger partial charge is 0.120 e.